The first kappa shape index (κ1) is 9.72. The Morgan fingerprint density at radius 1 is 1.00 bits per heavy atom. The Bertz CT molecular complexity index is 13.5. The van der Waals surface area contributed by atoms with Crippen LogP contribution in [0.4, 0.5) is 8.60 Å². The van der Waals surface area contributed by atoms with E-state index in [2.05, 4.69) is 11.7 Å². The summed E-state index contributed by atoms with van der Waals surface area (Å²) < 4.78 is 29.6. The van der Waals surface area contributed by atoms with Gasteiger partial charge in [0.1, 0.15) is 0 Å². The molecule has 0 aromatic heterocycles. The second kappa shape index (κ2) is 9.10. The molecule has 6 heavy (non-hydrogen) atoms. The third-order valence-electron chi connectivity index (χ3n) is 0. The van der Waals surface area contributed by atoms with Crippen molar-refractivity contribution in [3.8, 4) is 0 Å². The molecule has 0 aromatic rings. The van der Waals surface area contributed by atoms with Gasteiger partial charge in [-0.3, -0.25) is 11.7 Å². The quantitative estimate of drug-likeness (QED) is 0.326. The van der Waals surface area contributed by atoms with Crippen molar-refractivity contribution in [3.05, 3.63) is 0 Å². The minimum atomic E-state index is -5.04. The first-order valence-corrected chi connectivity index (χ1v) is 4.14. The Morgan fingerprint density at radius 3 is 1.00 bits per heavy atom. The van der Waals surface area contributed by atoms with Crippen LogP contribution in [-0.2, 0) is 0 Å². The Hall–Kier alpha value is 0.509. The van der Waals surface area contributed by atoms with Crippen molar-refractivity contribution in [3.63, 3.8) is 0 Å². The van der Waals surface area contributed by atoms with Crippen molar-refractivity contribution in [2.45, 2.75) is 0 Å². The molecule has 4 N–H and O–H groups in total. The number of hydrazine groups is 1. The zero-order valence-electron chi connectivity index (χ0n) is 2.79. The molecule has 0 heterocycles. The van der Waals surface area contributed by atoms with Crippen molar-refractivity contribution in [1.29, 1.82) is 0 Å². The standard InChI is InChI=1S/3FH.H4N2.Sn/c;;;1-2;/h3*1H;1-2H2;/q;;;;+3/p-3. The van der Waals surface area contributed by atoms with E-state index in [1.54, 1.807) is 0 Å². The molecular weight excluding hydrogens is 204 g/mol. The molecule has 0 aliphatic heterocycles. The minimum absolute atomic E-state index is 4.00. The van der Waals surface area contributed by atoms with Crippen LogP contribution < -0.4 is 11.7 Å². The SMILES string of the molecule is NN.[F][Sn]([F])[F]. The van der Waals surface area contributed by atoms with Gasteiger partial charge >= 0.3 is 30.1 Å². The van der Waals surface area contributed by atoms with Crippen molar-refractivity contribution < 1.29 is 8.60 Å². The molecule has 0 saturated carbocycles. The molecule has 0 bridgehead atoms. The molecule has 0 unspecified atom stereocenters. The predicted octanol–water partition coefficient (Wildman–Crippen LogP) is -0.301. The van der Waals surface area contributed by atoms with E-state index in [0.717, 1.165) is 0 Å². The van der Waals surface area contributed by atoms with E-state index >= 15 is 0 Å². The molecule has 6 heteroatoms. The summed E-state index contributed by atoms with van der Waals surface area (Å²) in [5, 5.41) is 0. The van der Waals surface area contributed by atoms with E-state index in [1.165, 1.54) is 0 Å². The van der Waals surface area contributed by atoms with Crippen LogP contribution in [0.1, 0.15) is 0 Å². The third kappa shape index (κ3) is 214. The number of nitrogens with two attached hydrogens (primary N) is 2. The van der Waals surface area contributed by atoms with Crippen LogP contribution in [0.3, 0.4) is 0 Å². The summed E-state index contributed by atoms with van der Waals surface area (Å²) in [6.45, 7) is 0. The van der Waals surface area contributed by atoms with E-state index in [1.807, 2.05) is 0 Å². The average molecular weight is 208 g/mol. The van der Waals surface area contributed by atoms with Crippen LogP contribution in [-0.4, -0.2) is 21.5 Å². The molecule has 0 fully saturated rings. The number of halogens is 3. The van der Waals surface area contributed by atoms with E-state index in [4.69, 9.17) is 0 Å². The Kier molecular flexibility index (Phi) is 14.7. The van der Waals surface area contributed by atoms with Crippen LogP contribution in [0.2, 0.25) is 0 Å². The summed E-state index contributed by atoms with van der Waals surface area (Å²) in [6.07, 6.45) is 0. The topological polar surface area (TPSA) is 52.0 Å². The summed E-state index contributed by atoms with van der Waals surface area (Å²) >= 11 is -5.04. The van der Waals surface area contributed by atoms with Crippen molar-refractivity contribution in [2.75, 3.05) is 0 Å². The molecular formula is H4F3N2Sn. The number of hydrogen-bond acceptors (Lipinski definition) is 2. The van der Waals surface area contributed by atoms with Crippen molar-refractivity contribution in [2.24, 2.45) is 11.7 Å². The summed E-state index contributed by atoms with van der Waals surface area (Å²) in [5.41, 5.74) is 0. The molecule has 2 nitrogen and oxygen atoms in total. The van der Waals surface area contributed by atoms with Crippen LogP contribution in [0.15, 0.2) is 0 Å². The van der Waals surface area contributed by atoms with Gasteiger partial charge in [-0.15, -0.1) is 0 Å². The van der Waals surface area contributed by atoms with Gasteiger partial charge in [0.2, 0.25) is 0 Å². The fraction of sp³-hybridized carbons (Fsp3) is 0. The molecule has 0 saturated heterocycles. The predicted molar refractivity (Wildman–Crippen MR) is 17.5 cm³/mol. The summed E-state index contributed by atoms with van der Waals surface area (Å²) in [4.78, 5) is 0. The Morgan fingerprint density at radius 2 is 1.00 bits per heavy atom. The molecule has 0 aliphatic rings. The maximum atomic E-state index is 9.86. The average Bonchev–Trinajstić information content (AvgIpc) is 1.41. The van der Waals surface area contributed by atoms with Gasteiger partial charge < -0.3 is 0 Å². The third-order valence-corrected chi connectivity index (χ3v) is 0. The van der Waals surface area contributed by atoms with Gasteiger partial charge in [0.25, 0.3) is 0 Å². The Labute approximate surface area is 42.3 Å². The second-order valence-electron chi connectivity index (χ2n) is 0.214. The van der Waals surface area contributed by atoms with Gasteiger partial charge in [0, 0.05) is 0 Å². The fourth-order valence-electron chi connectivity index (χ4n) is 0. The molecule has 0 spiro atoms. The van der Waals surface area contributed by atoms with Gasteiger partial charge in [-0.25, -0.2) is 0 Å². The van der Waals surface area contributed by atoms with E-state index < -0.39 is 21.5 Å². The summed E-state index contributed by atoms with van der Waals surface area (Å²) in [7, 11) is 0. The zero-order valence-corrected chi connectivity index (χ0v) is 5.64. The molecule has 39 valence electrons. The Balaban J connectivity index is 0. The maximum absolute atomic E-state index is 9.86. The first-order valence-electron chi connectivity index (χ1n) is 0.900. The number of rotatable bonds is 0. The summed E-state index contributed by atoms with van der Waals surface area (Å²) in [6, 6.07) is 0. The van der Waals surface area contributed by atoms with E-state index in [9.17, 15) is 8.60 Å². The molecule has 0 aliphatic carbocycles. The van der Waals surface area contributed by atoms with Crippen LogP contribution in [0.5, 0.6) is 0 Å². The van der Waals surface area contributed by atoms with Gasteiger partial charge in [0.05, 0.1) is 0 Å². The zero-order chi connectivity index (χ0) is 5.58. The molecule has 0 atom stereocenters. The van der Waals surface area contributed by atoms with Gasteiger partial charge in [-0.1, -0.05) is 0 Å². The molecule has 1 radical (unpaired) electrons. The molecule has 0 aromatic carbocycles. The fourth-order valence-corrected chi connectivity index (χ4v) is 0. The van der Waals surface area contributed by atoms with Gasteiger partial charge in [0.15, 0.2) is 0 Å². The first-order chi connectivity index (χ1) is 2.73. The van der Waals surface area contributed by atoms with Gasteiger partial charge in [-0.05, 0) is 0 Å². The monoisotopic (exact) mass is 209 g/mol. The second-order valence-corrected chi connectivity index (χ2v) is 1.44. The van der Waals surface area contributed by atoms with Crippen LogP contribution in [0.25, 0.3) is 0 Å². The van der Waals surface area contributed by atoms with Gasteiger partial charge in [-0.2, -0.15) is 0 Å². The molecule has 0 rings (SSSR count). The van der Waals surface area contributed by atoms with Crippen molar-refractivity contribution >= 4 is 21.5 Å². The normalized spacial score (nSPS) is 7.00. The number of hydrogen-bond donors (Lipinski definition) is 2. The van der Waals surface area contributed by atoms with E-state index in [-0.39, 0.29) is 0 Å². The van der Waals surface area contributed by atoms with Crippen LogP contribution in [0, 0.1) is 0 Å². The van der Waals surface area contributed by atoms with Crippen molar-refractivity contribution in [1.82, 2.24) is 0 Å². The van der Waals surface area contributed by atoms with Crippen LogP contribution >= 0.6 is 0 Å². The van der Waals surface area contributed by atoms with E-state index in [0.29, 0.717) is 0 Å². The molecule has 0 amide bonds. The summed E-state index contributed by atoms with van der Waals surface area (Å²) in [5.74, 6) is 8.00.